The summed E-state index contributed by atoms with van der Waals surface area (Å²) < 4.78 is 62.5. The second-order valence-electron chi connectivity index (χ2n) is 6.36. The highest BCUT2D eigenvalue weighted by molar-refractivity contribution is 7.92. The van der Waals surface area contributed by atoms with E-state index in [9.17, 15) is 22.0 Å². The van der Waals surface area contributed by atoms with Crippen LogP contribution >= 0.6 is 0 Å². The van der Waals surface area contributed by atoms with Crippen LogP contribution in [0.25, 0.3) is 16.8 Å². The van der Waals surface area contributed by atoms with Crippen molar-refractivity contribution in [3.8, 4) is 17.0 Å². The van der Waals surface area contributed by atoms with Crippen molar-refractivity contribution in [1.29, 1.82) is 0 Å². The Morgan fingerprint density at radius 1 is 1.06 bits per heavy atom. The van der Waals surface area contributed by atoms with Crippen molar-refractivity contribution in [3.05, 3.63) is 83.0 Å². The van der Waals surface area contributed by atoms with E-state index in [1.165, 1.54) is 50.0 Å². The Hall–Kier alpha value is -3.86. The fraction of sp³-hybridized carbons (Fsp3) is 0.0500. The molecule has 0 spiro atoms. The monoisotopic (exact) mass is 444 g/mol. The summed E-state index contributed by atoms with van der Waals surface area (Å²) in [5.41, 5.74) is -0.323. The molecule has 0 unspecified atom stereocenters. The molecule has 31 heavy (non-hydrogen) atoms. The number of nitrogens with zero attached hydrogens (tertiary/aromatic N) is 3. The minimum Gasteiger partial charge on any atom is -0.480 e. The number of fused-ring (bicyclic) bond motifs is 1. The fourth-order valence-electron chi connectivity index (χ4n) is 2.96. The number of benzene rings is 1. The van der Waals surface area contributed by atoms with Crippen LogP contribution in [-0.4, -0.2) is 29.9 Å². The third kappa shape index (κ3) is 3.82. The smallest absolute Gasteiger partial charge is 0.264 e. The van der Waals surface area contributed by atoms with Gasteiger partial charge in [-0.3, -0.25) is 13.9 Å². The van der Waals surface area contributed by atoms with Gasteiger partial charge >= 0.3 is 0 Å². The fourth-order valence-corrected chi connectivity index (χ4v) is 4.09. The normalized spacial score (nSPS) is 11.5. The average Bonchev–Trinajstić information content (AvgIpc) is 2.73. The Morgan fingerprint density at radius 2 is 1.84 bits per heavy atom. The zero-order valence-electron chi connectivity index (χ0n) is 15.9. The molecule has 0 bridgehead atoms. The lowest BCUT2D eigenvalue weighted by Gasteiger charge is -2.13. The number of nitrogens with one attached hydrogen (secondary N) is 1. The molecular formula is C20H14F2N4O4S. The summed E-state index contributed by atoms with van der Waals surface area (Å²) >= 11 is 0. The molecule has 8 nitrogen and oxygen atoms in total. The van der Waals surface area contributed by atoms with E-state index in [1.807, 2.05) is 0 Å². The van der Waals surface area contributed by atoms with Gasteiger partial charge in [-0.1, -0.05) is 12.1 Å². The van der Waals surface area contributed by atoms with Crippen LogP contribution in [0.1, 0.15) is 0 Å². The minimum atomic E-state index is -4.33. The van der Waals surface area contributed by atoms with Crippen LogP contribution in [0, 0.1) is 11.6 Å². The molecule has 11 heteroatoms. The van der Waals surface area contributed by atoms with Crippen LogP contribution < -0.4 is 15.0 Å². The molecule has 0 aliphatic carbocycles. The Labute approximate surface area is 174 Å². The standard InChI is InChI=1S/C20H14F2N4O4S/c1-30-20-16(25-31(28,29)17-5-3-2-4-14(17)21)8-12(10-24-20)13-11-26-18(9-15(13)22)23-7-6-19(26)27/h2-11,25H,1H3. The lowest BCUT2D eigenvalue weighted by molar-refractivity contribution is 0.400. The number of methoxy groups -OCH3 is 1. The maximum absolute atomic E-state index is 14.7. The third-order valence-electron chi connectivity index (χ3n) is 4.41. The van der Waals surface area contributed by atoms with Crippen LogP contribution in [0.15, 0.2) is 70.7 Å². The first-order chi connectivity index (χ1) is 14.8. The Balaban J connectivity index is 1.83. The molecule has 0 saturated carbocycles. The molecule has 0 amide bonds. The van der Waals surface area contributed by atoms with Gasteiger partial charge in [0.15, 0.2) is 0 Å². The summed E-state index contributed by atoms with van der Waals surface area (Å²) in [6.45, 7) is 0. The molecule has 0 aliphatic rings. The van der Waals surface area contributed by atoms with E-state index in [2.05, 4.69) is 14.7 Å². The van der Waals surface area contributed by atoms with Gasteiger partial charge in [-0.25, -0.2) is 27.2 Å². The summed E-state index contributed by atoms with van der Waals surface area (Å²) in [5, 5.41) is 0. The highest BCUT2D eigenvalue weighted by Gasteiger charge is 2.22. The molecule has 4 aromatic rings. The SMILES string of the molecule is COc1ncc(-c2cn3c(=O)ccnc3cc2F)cc1NS(=O)(=O)c1ccccc1F. The van der Waals surface area contributed by atoms with Gasteiger partial charge in [0.25, 0.3) is 15.6 Å². The van der Waals surface area contributed by atoms with Gasteiger partial charge in [0.05, 0.1) is 7.11 Å². The van der Waals surface area contributed by atoms with Crippen molar-refractivity contribution in [2.45, 2.75) is 4.90 Å². The molecule has 1 N–H and O–H groups in total. The number of pyridine rings is 2. The van der Waals surface area contributed by atoms with Crippen molar-refractivity contribution in [2.75, 3.05) is 11.8 Å². The molecule has 3 aromatic heterocycles. The number of hydrogen-bond acceptors (Lipinski definition) is 6. The van der Waals surface area contributed by atoms with Gasteiger partial charge in [0.2, 0.25) is 5.88 Å². The van der Waals surface area contributed by atoms with Crippen LogP contribution in [0.5, 0.6) is 5.88 Å². The van der Waals surface area contributed by atoms with Gasteiger partial charge in [0.1, 0.15) is 27.9 Å². The molecule has 0 saturated heterocycles. The van der Waals surface area contributed by atoms with E-state index in [1.54, 1.807) is 0 Å². The number of sulfonamides is 1. The maximum Gasteiger partial charge on any atom is 0.264 e. The van der Waals surface area contributed by atoms with E-state index in [-0.39, 0.29) is 28.3 Å². The maximum atomic E-state index is 14.7. The zero-order chi connectivity index (χ0) is 22.2. The molecule has 4 rings (SSSR count). The largest absolute Gasteiger partial charge is 0.480 e. The molecule has 0 radical (unpaired) electrons. The van der Waals surface area contributed by atoms with E-state index in [0.29, 0.717) is 0 Å². The topological polar surface area (TPSA) is 103 Å². The van der Waals surface area contributed by atoms with Crippen molar-refractivity contribution in [2.24, 2.45) is 0 Å². The lowest BCUT2D eigenvalue weighted by Crippen LogP contribution is -2.16. The lowest BCUT2D eigenvalue weighted by atomic mass is 10.1. The quantitative estimate of drug-likeness (QED) is 0.508. The molecule has 1 aromatic carbocycles. The minimum absolute atomic E-state index is 0.0240. The van der Waals surface area contributed by atoms with Crippen molar-refractivity contribution in [1.82, 2.24) is 14.4 Å². The number of rotatable bonds is 5. The van der Waals surface area contributed by atoms with Gasteiger partial charge in [-0.05, 0) is 18.2 Å². The van der Waals surface area contributed by atoms with Crippen LogP contribution in [0.4, 0.5) is 14.5 Å². The van der Waals surface area contributed by atoms with E-state index in [0.717, 1.165) is 22.6 Å². The van der Waals surface area contributed by atoms with Gasteiger partial charge in [0, 0.05) is 41.9 Å². The van der Waals surface area contributed by atoms with Gasteiger partial charge in [-0.2, -0.15) is 0 Å². The van der Waals surface area contributed by atoms with E-state index < -0.39 is 32.1 Å². The van der Waals surface area contributed by atoms with Crippen molar-refractivity contribution < 1.29 is 21.9 Å². The number of hydrogen-bond donors (Lipinski definition) is 1. The van der Waals surface area contributed by atoms with Crippen LogP contribution in [-0.2, 0) is 10.0 Å². The second-order valence-corrected chi connectivity index (χ2v) is 8.01. The molecule has 0 fully saturated rings. The molecular weight excluding hydrogens is 430 g/mol. The van der Waals surface area contributed by atoms with E-state index in [4.69, 9.17) is 4.74 Å². The van der Waals surface area contributed by atoms with Crippen molar-refractivity contribution in [3.63, 3.8) is 0 Å². The highest BCUT2D eigenvalue weighted by atomic mass is 32.2. The Bertz CT molecular complexity index is 1470. The summed E-state index contributed by atoms with van der Waals surface area (Å²) in [6.07, 6.45) is 3.76. The number of ether oxygens (including phenoxy) is 1. The second kappa shape index (κ2) is 7.76. The molecule has 158 valence electrons. The first kappa shape index (κ1) is 20.4. The predicted molar refractivity (Wildman–Crippen MR) is 108 cm³/mol. The Kier molecular flexibility index (Phi) is 5.11. The average molecular weight is 444 g/mol. The van der Waals surface area contributed by atoms with Gasteiger partial charge in [-0.15, -0.1) is 0 Å². The van der Waals surface area contributed by atoms with Crippen LogP contribution in [0.2, 0.25) is 0 Å². The first-order valence-electron chi connectivity index (χ1n) is 8.79. The summed E-state index contributed by atoms with van der Waals surface area (Å²) in [4.78, 5) is 19.4. The Morgan fingerprint density at radius 3 is 2.58 bits per heavy atom. The predicted octanol–water partition coefficient (Wildman–Crippen LogP) is 2.84. The van der Waals surface area contributed by atoms with Crippen molar-refractivity contribution >= 4 is 21.4 Å². The summed E-state index contributed by atoms with van der Waals surface area (Å²) in [5.74, 6) is -1.75. The number of anilines is 1. The first-order valence-corrected chi connectivity index (χ1v) is 10.3. The van der Waals surface area contributed by atoms with E-state index >= 15 is 0 Å². The number of halogens is 2. The van der Waals surface area contributed by atoms with Crippen LogP contribution in [0.3, 0.4) is 0 Å². The zero-order valence-corrected chi connectivity index (χ0v) is 16.7. The summed E-state index contributed by atoms with van der Waals surface area (Å²) in [7, 11) is -3.06. The molecule has 3 heterocycles. The summed E-state index contributed by atoms with van der Waals surface area (Å²) in [6, 6.07) is 8.41. The number of aromatic nitrogens is 3. The van der Waals surface area contributed by atoms with Gasteiger partial charge < -0.3 is 4.74 Å². The molecule has 0 atom stereocenters. The third-order valence-corrected chi connectivity index (χ3v) is 5.80. The highest BCUT2D eigenvalue weighted by Crippen LogP contribution is 2.31. The molecule has 0 aliphatic heterocycles.